The topological polar surface area (TPSA) is 69.4 Å². The van der Waals surface area contributed by atoms with Gasteiger partial charge in [-0.3, -0.25) is 0 Å². The monoisotopic (exact) mass is 305 g/mol. The molecule has 1 aromatic heterocycles. The normalized spacial score (nSPS) is 13.8. The summed E-state index contributed by atoms with van der Waals surface area (Å²) in [4.78, 5) is 4.38. The van der Waals surface area contributed by atoms with Crippen LogP contribution in [0.5, 0.6) is 5.75 Å². The minimum absolute atomic E-state index is 0.252. The van der Waals surface area contributed by atoms with Gasteiger partial charge in [-0.05, 0) is 38.6 Å². The number of hydrogen-bond acceptors (Lipinski definition) is 6. The van der Waals surface area contributed by atoms with Crippen LogP contribution in [-0.4, -0.2) is 30.3 Å². The average Bonchev–Trinajstić information content (AvgIpc) is 3.01. The van der Waals surface area contributed by atoms with Crippen LogP contribution in [0.1, 0.15) is 37.2 Å². The molecule has 0 spiro atoms. The highest BCUT2D eigenvalue weighted by atomic mass is 16.5. The Morgan fingerprint density at radius 2 is 2.14 bits per heavy atom. The lowest BCUT2D eigenvalue weighted by molar-refractivity contribution is 0.0307. The van der Waals surface area contributed by atoms with Crippen LogP contribution in [0.25, 0.3) is 0 Å². The van der Waals surface area contributed by atoms with Crippen molar-refractivity contribution in [3.8, 4) is 5.75 Å². The zero-order chi connectivity index (χ0) is 15.9. The molecule has 120 valence electrons. The van der Waals surface area contributed by atoms with Gasteiger partial charge < -0.3 is 19.3 Å². The molecule has 2 atom stereocenters. The summed E-state index contributed by atoms with van der Waals surface area (Å²) in [7, 11) is 3.56. The molecule has 0 bridgehead atoms. The average molecular weight is 305 g/mol. The summed E-state index contributed by atoms with van der Waals surface area (Å²) in [6, 6.07) is 8.08. The number of benzene rings is 1. The highest BCUT2D eigenvalue weighted by molar-refractivity contribution is 5.27. The van der Waals surface area contributed by atoms with Crippen LogP contribution >= 0.6 is 0 Å². The van der Waals surface area contributed by atoms with Crippen LogP contribution in [0.3, 0.4) is 0 Å². The Morgan fingerprint density at radius 1 is 1.32 bits per heavy atom. The molecule has 6 nitrogen and oxygen atoms in total. The molecule has 22 heavy (non-hydrogen) atoms. The van der Waals surface area contributed by atoms with Crippen molar-refractivity contribution in [3.63, 3.8) is 0 Å². The summed E-state index contributed by atoms with van der Waals surface area (Å²) in [6.07, 6.45) is 0.472. The Balaban J connectivity index is 1.90. The maximum atomic E-state index is 5.79. The molecular weight excluding hydrogens is 282 g/mol. The van der Waals surface area contributed by atoms with Gasteiger partial charge in [0.2, 0.25) is 0 Å². The predicted molar refractivity (Wildman–Crippen MR) is 82.7 cm³/mol. The third kappa shape index (κ3) is 4.54. The van der Waals surface area contributed by atoms with Gasteiger partial charge in [-0.1, -0.05) is 17.3 Å². The molecule has 0 radical (unpaired) electrons. The molecule has 0 fully saturated rings. The highest BCUT2D eigenvalue weighted by Crippen LogP contribution is 2.19. The lowest BCUT2D eigenvalue weighted by atomic mass is 10.2. The van der Waals surface area contributed by atoms with Gasteiger partial charge in [0, 0.05) is 12.5 Å². The number of likely N-dealkylation sites (N-methyl/N-ethyl adjacent to an activating group) is 1. The molecule has 0 aliphatic heterocycles. The Labute approximate surface area is 130 Å². The summed E-state index contributed by atoms with van der Waals surface area (Å²) >= 11 is 0. The first-order chi connectivity index (χ1) is 10.6. The number of hydrogen-bond donors (Lipinski definition) is 1. The van der Waals surface area contributed by atoms with Crippen molar-refractivity contribution in [1.82, 2.24) is 15.5 Å². The Kier molecular flexibility index (Phi) is 5.91. The van der Waals surface area contributed by atoms with Gasteiger partial charge in [0.15, 0.2) is 5.82 Å². The quantitative estimate of drug-likeness (QED) is 0.808. The Bertz CT molecular complexity index is 586. The Hall–Kier alpha value is -1.92. The van der Waals surface area contributed by atoms with Gasteiger partial charge in [-0.15, -0.1) is 0 Å². The van der Waals surface area contributed by atoms with E-state index in [0.29, 0.717) is 24.4 Å². The summed E-state index contributed by atoms with van der Waals surface area (Å²) in [5.74, 6) is 2.00. The van der Waals surface area contributed by atoms with Gasteiger partial charge in [0.05, 0.1) is 13.7 Å². The molecule has 0 aliphatic carbocycles. The number of nitrogens with zero attached hydrogens (tertiary/aromatic N) is 2. The van der Waals surface area contributed by atoms with Gasteiger partial charge in [-0.25, -0.2) is 0 Å². The fraction of sp³-hybridized carbons (Fsp3) is 0.500. The molecule has 6 heteroatoms. The second-order valence-electron chi connectivity index (χ2n) is 5.25. The van der Waals surface area contributed by atoms with E-state index in [2.05, 4.69) is 22.4 Å². The van der Waals surface area contributed by atoms with E-state index in [1.807, 2.05) is 38.2 Å². The zero-order valence-electron chi connectivity index (χ0n) is 13.5. The molecule has 0 saturated carbocycles. The SMILES string of the molecule is CNC(C)Cc1noc(C(C)OCc2cccc(OC)c2)n1. The third-order valence-electron chi connectivity index (χ3n) is 3.45. The first kappa shape index (κ1) is 16.5. The lowest BCUT2D eigenvalue weighted by Crippen LogP contribution is -2.24. The van der Waals surface area contributed by atoms with Crippen molar-refractivity contribution in [1.29, 1.82) is 0 Å². The lowest BCUT2D eigenvalue weighted by Gasteiger charge is -2.09. The summed E-state index contributed by atoms with van der Waals surface area (Å²) in [5, 5.41) is 7.13. The smallest absolute Gasteiger partial charge is 0.255 e. The van der Waals surface area contributed by atoms with E-state index in [1.54, 1.807) is 7.11 Å². The van der Waals surface area contributed by atoms with Crippen LogP contribution in [0, 0.1) is 0 Å². The van der Waals surface area contributed by atoms with E-state index in [-0.39, 0.29) is 6.10 Å². The fourth-order valence-electron chi connectivity index (χ4n) is 1.95. The maximum absolute atomic E-state index is 5.79. The first-order valence-corrected chi connectivity index (χ1v) is 7.36. The number of nitrogens with one attached hydrogen (secondary N) is 1. The number of aromatic nitrogens is 2. The van der Waals surface area contributed by atoms with Gasteiger partial charge >= 0.3 is 0 Å². The number of methoxy groups -OCH3 is 1. The van der Waals surface area contributed by atoms with Gasteiger partial charge in [0.25, 0.3) is 5.89 Å². The molecule has 1 heterocycles. The largest absolute Gasteiger partial charge is 0.497 e. The van der Waals surface area contributed by atoms with Crippen molar-refractivity contribution < 1.29 is 14.0 Å². The van der Waals surface area contributed by atoms with Gasteiger partial charge in [0.1, 0.15) is 11.9 Å². The van der Waals surface area contributed by atoms with Crippen molar-refractivity contribution in [2.24, 2.45) is 0 Å². The van der Waals surface area contributed by atoms with Crippen LogP contribution in [0.4, 0.5) is 0 Å². The van der Waals surface area contributed by atoms with Crippen LogP contribution in [0.15, 0.2) is 28.8 Å². The molecule has 1 N–H and O–H groups in total. The molecule has 2 rings (SSSR count). The fourth-order valence-corrected chi connectivity index (χ4v) is 1.95. The minimum atomic E-state index is -0.252. The standard InChI is InChI=1S/C16H23N3O3/c1-11(17-3)8-15-18-16(22-19-15)12(2)21-10-13-6-5-7-14(9-13)20-4/h5-7,9,11-12,17H,8,10H2,1-4H3. The van der Waals surface area contributed by atoms with Crippen molar-refractivity contribution >= 4 is 0 Å². The summed E-state index contributed by atoms with van der Waals surface area (Å²) < 4.78 is 16.3. The molecule has 2 aromatic rings. The summed E-state index contributed by atoms with van der Waals surface area (Å²) in [5.41, 5.74) is 1.04. The van der Waals surface area contributed by atoms with Crippen LogP contribution < -0.4 is 10.1 Å². The van der Waals surface area contributed by atoms with E-state index >= 15 is 0 Å². The van der Waals surface area contributed by atoms with E-state index in [1.165, 1.54) is 0 Å². The van der Waals surface area contributed by atoms with E-state index in [0.717, 1.165) is 17.7 Å². The zero-order valence-corrected chi connectivity index (χ0v) is 13.5. The number of rotatable bonds is 8. The van der Waals surface area contributed by atoms with Gasteiger partial charge in [-0.2, -0.15) is 4.98 Å². The van der Waals surface area contributed by atoms with E-state index < -0.39 is 0 Å². The van der Waals surface area contributed by atoms with E-state index in [9.17, 15) is 0 Å². The van der Waals surface area contributed by atoms with E-state index in [4.69, 9.17) is 14.0 Å². The molecule has 2 unspecified atom stereocenters. The molecule has 1 aromatic carbocycles. The molecule has 0 aliphatic rings. The highest BCUT2D eigenvalue weighted by Gasteiger charge is 2.16. The first-order valence-electron chi connectivity index (χ1n) is 7.36. The summed E-state index contributed by atoms with van der Waals surface area (Å²) in [6.45, 7) is 4.43. The maximum Gasteiger partial charge on any atom is 0.255 e. The molecule has 0 saturated heterocycles. The Morgan fingerprint density at radius 3 is 2.86 bits per heavy atom. The minimum Gasteiger partial charge on any atom is -0.497 e. The van der Waals surface area contributed by atoms with Crippen LogP contribution in [-0.2, 0) is 17.8 Å². The molecular formula is C16H23N3O3. The van der Waals surface area contributed by atoms with Crippen LogP contribution in [0.2, 0.25) is 0 Å². The van der Waals surface area contributed by atoms with Crippen molar-refractivity contribution in [2.75, 3.05) is 14.2 Å². The number of ether oxygens (including phenoxy) is 2. The second-order valence-corrected chi connectivity index (χ2v) is 5.25. The third-order valence-corrected chi connectivity index (χ3v) is 3.45. The molecule has 0 amide bonds. The van der Waals surface area contributed by atoms with Crippen molar-refractivity contribution in [3.05, 3.63) is 41.5 Å². The van der Waals surface area contributed by atoms with Crippen molar-refractivity contribution in [2.45, 2.75) is 39.0 Å². The predicted octanol–water partition coefficient (Wildman–Crippen LogP) is 2.51. The second kappa shape index (κ2) is 7.91.